The molecule has 1 atom stereocenters. The summed E-state index contributed by atoms with van der Waals surface area (Å²) in [7, 11) is 1.54. The van der Waals surface area contributed by atoms with Gasteiger partial charge in [0.25, 0.3) is 5.91 Å². The highest BCUT2D eigenvalue weighted by molar-refractivity contribution is 6.34. The lowest BCUT2D eigenvalue weighted by Crippen LogP contribution is -2.42. The number of ether oxygens (including phenoxy) is 2. The van der Waals surface area contributed by atoms with Crippen LogP contribution in [0.1, 0.15) is 36.1 Å². The minimum absolute atomic E-state index is 0.207. The van der Waals surface area contributed by atoms with Crippen molar-refractivity contribution < 1.29 is 19.1 Å². The zero-order valence-electron chi connectivity index (χ0n) is 17.7. The van der Waals surface area contributed by atoms with Gasteiger partial charge in [-0.15, -0.1) is 0 Å². The first kappa shape index (κ1) is 22.4. The second kappa shape index (κ2) is 8.61. The summed E-state index contributed by atoms with van der Waals surface area (Å²) in [5.41, 5.74) is 1.77. The zero-order valence-corrected chi connectivity index (χ0v) is 19.3. The van der Waals surface area contributed by atoms with Gasteiger partial charge in [0.2, 0.25) is 0 Å². The second-order valence-corrected chi connectivity index (χ2v) is 8.98. The van der Waals surface area contributed by atoms with E-state index in [4.69, 9.17) is 32.7 Å². The van der Waals surface area contributed by atoms with Crippen molar-refractivity contribution >= 4 is 51.9 Å². The molecule has 1 saturated heterocycles. The molecule has 1 aliphatic heterocycles. The van der Waals surface area contributed by atoms with Crippen molar-refractivity contribution in [3.05, 3.63) is 57.8 Å². The van der Waals surface area contributed by atoms with E-state index in [1.807, 2.05) is 19.9 Å². The van der Waals surface area contributed by atoms with Gasteiger partial charge in [0, 0.05) is 17.7 Å². The fraction of sp³-hybridized carbons (Fsp3) is 0.318. The third kappa shape index (κ3) is 4.26. The molecule has 0 saturated carbocycles. The number of amides is 2. The van der Waals surface area contributed by atoms with Gasteiger partial charge < -0.3 is 19.8 Å². The molecule has 8 nitrogen and oxygen atoms in total. The normalized spacial score (nSPS) is 16.3. The summed E-state index contributed by atoms with van der Waals surface area (Å²) in [4.78, 5) is 34.3. The van der Waals surface area contributed by atoms with Gasteiger partial charge in [-0.1, -0.05) is 23.2 Å². The molecule has 0 aliphatic carbocycles. The van der Waals surface area contributed by atoms with Crippen molar-refractivity contribution in [1.82, 2.24) is 15.3 Å². The van der Waals surface area contributed by atoms with Crippen LogP contribution in [-0.2, 0) is 9.47 Å². The van der Waals surface area contributed by atoms with Gasteiger partial charge >= 0.3 is 6.09 Å². The van der Waals surface area contributed by atoms with Crippen LogP contribution in [0.4, 0.5) is 10.5 Å². The Bertz CT molecular complexity index is 1190. The zero-order chi connectivity index (χ0) is 23.0. The number of benzene rings is 2. The molecule has 3 aromatic rings. The number of carbonyl (C=O) groups excluding carboxylic acids is 2. The van der Waals surface area contributed by atoms with Gasteiger partial charge in [0.1, 0.15) is 18.5 Å². The molecule has 10 heteroatoms. The Hall–Kier alpha value is -2.81. The van der Waals surface area contributed by atoms with E-state index >= 15 is 0 Å². The number of nitrogens with zero attached hydrogens (tertiary/aromatic N) is 2. The van der Waals surface area contributed by atoms with E-state index in [1.165, 1.54) is 11.0 Å². The van der Waals surface area contributed by atoms with Crippen molar-refractivity contribution in [3.63, 3.8) is 0 Å². The molecular weight excluding hydrogens is 455 g/mol. The standard InChI is InChI=1S/C22H22Cl2N4O4/c1-22(2)11-32-21(30)28(22)18-7-4-12(8-14(18)24)20(29)27-17(10-31-3)19-25-15-6-5-13(23)9-16(15)26-19/h4-9,17H,10-11H2,1-3H3,(H,25,26)(H,27,29)/t17-/m0/s1. The van der Waals surface area contributed by atoms with Crippen LogP contribution in [0.2, 0.25) is 10.0 Å². The largest absolute Gasteiger partial charge is 0.447 e. The Morgan fingerprint density at radius 1 is 1.31 bits per heavy atom. The van der Waals surface area contributed by atoms with Crippen LogP contribution in [0, 0.1) is 0 Å². The fourth-order valence-electron chi connectivity index (χ4n) is 3.63. The smallest absolute Gasteiger partial charge is 0.415 e. The van der Waals surface area contributed by atoms with Crippen molar-refractivity contribution in [3.8, 4) is 0 Å². The van der Waals surface area contributed by atoms with E-state index in [1.54, 1.807) is 31.4 Å². The Kier molecular flexibility index (Phi) is 6.03. The molecule has 32 heavy (non-hydrogen) atoms. The molecule has 1 fully saturated rings. The monoisotopic (exact) mass is 476 g/mol. The molecule has 1 aliphatic rings. The van der Waals surface area contributed by atoms with Crippen LogP contribution >= 0.6 is 23.2 Å². The molecular formula is C22H22Cl2N4O4. The number of aromatic amines is 1. The molecule has 2 amide bonds. The predicted molar refractivity (Wildman–Crippen MR) is 123 cm³/mol. The minimum Gasteiger partial charge on any atom is -0.447 e. The van der Waals surface area contributed by atoms with E-state index < -0.39 is 17.7 Å². The maximum absolute atomic E-state index is 13.0. The lowest BCUT2D eigenvalue weighted by atomic mass is 10.0. The minimum atomic E-state index is -0.543. The molecule has 0 spiro atoms. The van der Waals surface area contributed by atoms with Gasteiger partial charge in [0.05, 0.1) is 33.9 Å². The lowest BCUT2D eigenvalue weighted by Gasteiger charge is -2.28. The van der Waals surface area contributed by atoms with Crippen LogP contribution in [0.25, 0.3) is 11.0 Å². The second-order valence-electron chi connectivity index (χ2n) is 8.13. The van der Waals surface area contributed by atoms with E-state index in [9.17, 15) is 9.59 Å². The van der Waals surface area contributed by atoms with E-state index in [-0.39, 0.29) is 24.1 Å². The number of rotatable bonds is 6. The van der Waals surface area contributed by atoms with Crippen molar-refractivity contribution in [2.24, 2.45) is 0 Å². The number of cyclic esters (lactones) is 1. The fourth-order valence-corrected chi connectivity index (χ4v) is 4.06. The highest BCUT2D eigenvalue weighted by Gasteiger charge is 2.41. The predicted octanol–water partition coefficient (Wildman–Crippen LogP) is 4.72. The highest BCUT2D eigenvalue weighted by atomic mass is 35.5. The summed E-state index contributed by atoms with van der Waals surface area (Å²) in [6.07, 6.45) is -0.473. The van der Waals surface area contributed by atoms with Crippen LogP contribution < -0.4 is 10.2 Å². The lowest BCUT2D eigenvalue weighted by molar-refractivity contribution is 0.0892. The number of methoxy groups -OCH3 is 1. The Balaban J connectivity index is 1.57. The number of aromatic nitrogens is 2. The molecule has 4 rings (SSSR count). The number of H-pyrrole nitrogens is 1. The first-order valence-corrected chi connectivity index (χ1v) is 10.7. The highest BCUT2D eigenvalue weighted by Crippen LogP contribution is 2.36. The molecule has 168 valence electrons. The third-order valence-corrected chi connectivity index (χ3v) is 5.76. The van der Waals surface area contributed by atoms with Gasteiger partial charge in [-0.25, -0.2) is 9.78 Å². The van der Waals surface area contributed by atoms with Crippen LogP contribution in [-0.4, -0.2) is 47.8 Å². The molecule has 2 N–H and O–H groups in total. The number of halogens is 2. The average Bonchev–Trinajstić information content (AvgIpc) is 3.27. The number of carbonyl (C=O) groups is 2. The Morgan fingerprint density at radius 3 is 2.75 bits per heavy atom. The van der Waals surface area contributed by atoms with Crippen LogP contribution in [0.5, 0.6) is 0 Å². The summed E-state index contributed by atoms with van der Waals surface area (Å²) >= 11 is 12.5. The van der Waals surface area contributed by atoms with E-state index in [0.29, 0.717) is 27.6 Å². The van der Waals surface area contributed by atoms with Crippen molar-refractivity contribution in [1.29, 1.82) is 0 Å². The van der Waals surface area contributed by atoms with Gasteiger partial charge in [0.15, 0.2) is 0 Å². The summed E-state index contributed by atoms with van der Waals surface area (Å²) in [6, 6.07) is 9.58. The Morgan fingerprint density at radius 2 is 2.09 bits per heavy atom. The van der Waals surface area contributed by atoms with E-state index in [2.05, 4.69) is 15.3 Å². The third-order valence-electron chi connectivity index (χ3n) is 5.22. The van der Waals surface area contributed by atoms with E-state index in [0.717, 1.165) is 5.52 Å². The molecule has 2 heterocycles. The van der Waals surface area contributed by atoms with Crippen molar-refractivity contribution in [2.45, 2.75) is 25.4 Å². The topological polar surface area (TPSA) is 96.6 Å². The summed E-state index contributed by atoms with van der Waals surface area (Å²) < 4.78 is 10.4. The molecule has 0 radical (unpaired) electrons. The molecule has 2 aromatic carbocycles. The van der Waals surface area contributed by atoms with Crippen LogP contribution in [0.15, 0.2) is 36.4 Å². The number of anilines is 1. The van der Waals surface area contributed by atoms with Gasteiger partial charge in [-0.05, 0) is 50.2 Å². The first-order valence-electron chi connectivity index (χ1n) is 9.91. The maximum atomic E-state index is 13.0. The summed E-state index contributed by atoms with van der Waals surface area (Å²) in [6.45, 7) is 4.22. The summed E-state index contributed by atoms with van der Waals surface area (Å²) in [5.74, 6) is 0.184. The maximum Gasteiger partial charge on any atom is 0.415 e. The summed E-state index contributed by atoms with van der Waals surface area (Å²) in [5, 5.41) is 3.75. The SMILES string of the molecule is COC[C@H](NC(=O)c1ccc(N2C(=O)OCC2(C)C)c(Cl)c1)c1nc2cc(Cl)ccc2[nH]1. The van der Waals surface area contributed by atoms with Gasteiger partial charge in [-0.3, -0.25) is 9.69 Å². The van der Waals surface area contributed by atoms with Crippen LogP contribution in [0.3, 0.4) is 0 Å². The molecule has 1 aromatic heterocycles. The number of hydrogen-bond donors (Lipinski definition) is 2. The van der Waals surface area contributed by atoms with Crippen molar-refractivity contribution in [2.75, 3.05) is 25.2 Å². The number of nitrogens with one attached hydrogen (secondary N) is 2. The molecule has 0 unspecified atom stereocenters. The quantitative estimate of drug-likeness (QED) is 0.536. The number of imidazole rings is 1. The Labute approximate surface area is 194 Å². The first-order chi connectivity index (χ1) is 15.2. The number of hydrogen-bond acceptors (Lipinski definition) is 5. The average molecular weight is 477 g/mol. The van der Waals surface area contributed by atoms with Gasteiger partial charge in [-0.2, -0.15) is 0 Å². The number of fused-ring (bicyclic) bond motifs is 1. The molecule has 0 bridgehead atoms.